The molecular formula is C12H14N2S2. The third-order valence-electron chi connectivity index (χ3n) is 2.68. The molecule has 2 aromatic heterocycles. The first-order valence-electron chi connectivity index (χ1n) is 5.59. The van der Waals surface area contributed by atoms with Crippen LogP contribution in [0.2, 0.25) is 0 Å². The van der Waals surface area contributed by atoms with Gasteiger partial charge in [-0.25, -0.2) is 4.98 Å². The highest BCUT2D eigenvalue weighted by molar-refractivity contribution is 7.10. The van der Waals surface area contributed by atoms with E-state index in [-0.39, 0.29) is 0 Å². The summed E-state index contributed by atoms with van der Waals surface area (Å²) in [5.74, 6) is 0.788. The van der Waals surface area contributed by atoms with Gasteiger partial charge in [0, 0.05) is 29.3 Å². The van der Waals surface area contributed by atoms with Gasteiger partial charge in [0.25, 0.3) is 0 Å². The van der Waals surface area contributed by atoms with Gasteiger partial charge in [-0.2, -0.15) is 0 Å². The average molecular weight is 250 g/mol. The van der Waals surface area contributed by atoms with Crippen molar-refractivity contribution in [2.75, 3.05) is 0 Å². The molecule has 0 spiro atoms. The van der Waals surface area contributed by atoms with E-state index in [2.05, 4.69) is 33.2 Å². The summed E-state index contributed by atoms with van der Waals surface area (Å²) in [7, 11) is 0. The van der Waals surface area contributed by atoms with Crippen molar-refractivity contribution < 1.29 is 0 Å². The maximum Gasteiger partial charge on any atom is 0.0959 e. The molecule has 1 saturated carbocycles. The molecule has 2 heterocycles. The number of nitrogens with one attached hydrogen (secondary N) is 1. The Morgan fingerprint density at radius 1 is 1.31 bits per heavy atom. The summed E-state index contributed by atoms with van der Waals surface area (Å²) < 4.78 is 0. The van der Waals surface area contributed by atoms with Gasteiger partial charge in [0.1, 0.15) is 0 Å². The highest BCUT2D eigenvalue weighted by atomic mass is 32.1. The van der Waals surface area contributed by atoms with Gasteiger partial charge in [-0.05, 0) is 24.3 Å². The van der Waals surface area contributed by atoms with Crippen molar-refractivity contribution in [2.45, 2.75) is 31.8 Å². The summed E-state index contributed by atoms with van der Waals surface area (Å²) in [5.41, 5.74) is 1.20. The Hall–Kier alpha value is -0.710. The van der Waals surface area contributed by atoms with E-state index in [4.69, 9.17) is 0 Å². The van der Waals surface area contributed by atoms with Crippen LogP contribution in [0, 0.1) is 0 Å². The van der Waals surface area contributed by atoms with E-state index in [1.807, 2.05) is 11.3 Å². The van der Waals surface area contributed by atoms with Crippen LogP contribution in [0.25, 0.3) is 0 Å². The van der Waals surface area contributed by atoms with Gasteiger partial charge in [-0.15, -0.1) is 22.7 Å². The number of nitrogens with zero attached hydrogens (tertiary/aromatic N) is 1. The largest absolute Gasteiger partial charge is 0.306 e. The van der Waals surface area contributed by atoms with Crippen molar-refractivity contribution in [2.24, 2.45) is 0 Å². The number of hydrogen-bond acceptors (Lipinski definition) is 4. The van der Waals surface area contributed by atoms with E-state index < -0.39 is 0 Å². The topological polar surface area (TPSA) is 24.9 Å². The Labute approximate surface area is 103 Å². The molecule has 0 amide bonds. The highest BCUT2D eigenvalue weighted by Crippen LogP contribution is 2.41. The van der Waals surface area contributed by atoms with E-state index in [1.165, 1.54) is 28.4 Å². The Balaban J connectivity index is 1.50. The minimum absolute atomic E-state index is 0.788. The average Bonchev–Trinajstić information content (AvgIpc) is 2.83. The predicted molar refractivity (Wildman–Crippen MR) is 69.0 cm³/mol. The minimum Gasteiger partial charge on any atom is -0.306 e. The summed E-state index contributed by atoms with van der Waals surface area (Å²) in [6.07, 6.45) is 2.69. The zero-order valence-electron chi connectivity index (χ0n) is 8.98. The first kappa shape index (κ1) is 10.4. The zero-order valence-corrected chi connectivity index (χ0v) is 10.6. The van der Waals surface area contributed by atoms with Crippen LogP contribution in [0.3, 0.4) is 0 Å². The quantitative estimate of drug-likeness (QED) is 0.880. The number of rotatable bonds is 5. The molecule has 1 aliphatic rings. The van der Waals surface area contributed by atoms with Crippen LogP contribution in [0.1, 0.15) is 34.3 Å². The van der Waals surface area contributed by atoms with Crippen LogP contribution < -0.4 is 5.32 Å². The van der Waals surface area contributed by atoms with E-state index in [0.717, 1.165) is 19.0 Å². The van der Waals surface area contributed by atoms with E-state index in [9.17, 15) is 0 Å². The van der Waals surface area contributed by atoms with Crippen molar-refractivity contribution >= 4 is 22.7 Å². The van der Waals surface area contributed by atoms with Crippen molar-refractivity contribution in [3.05, 3.63) is 38.5 Å². The second kappa shape index (κ2) is 4.65. The Morgan fingerprint density at radius 3 is 3.00 bits per heavy atom. The van der Waals surface area contributed by atoms with E-state index >= 15 is 0 Å². The molecule has 4 heteroatoms. The number of thiophene rings is 1. The van der Waals surface area contributed by atoms with Gasteiger partial charge in [0.05, 0.1) is 10.7 Å². The summed E-state index contributed by atoms with van der Waals surface area (Å²) in [6, 6.07) is 4.25. The molecule has 3 rings (SSSR count). The third kappa shape index (κ3) is 2.51. The SMILES string of the molecule is c1csc(CNCc2csc(C3CC3)n2)c1. The summed E-state index contributed by atoms with van der Waals surface area (Å²) >= 11 is 3.62. The fourth-order valence-electron chi connectivity index (χ4n) is 1.65. The molecule has 1 aliphatic carbocycles. The minimum atomic E-state index is 0.788. The Kier molecular flexibility index (Phi) is 3.04. The second-order valence-corrected chi connectivity index (χ2v) is 6.06. The first-order valence-corrected chi connectivity index (χ1v) is 7.35. The lowest BCUT2D eigenvalue weighted by molar-refractivity contribution is 0.687. The lowest BCUT2D eigenvalue weighted by Crippen LogP contribution is -2.11. The fraction of sp³-hybridized carbons (Fsp3) is 0.417. The maximum absolute atomic E-state index is 4.65. The maximum atomic E-state index is 4.65. The normalized spacial score (nSPS) is 15.5. The monoisotopic (exact) mass is 250 g/mol. The summed E-state index contributed by atoms with van der Waals surface area (Å²) in [4.78, 5) is 6.04. The van der Waals surface area contributed by atoms with Crippen LogP contribution >= 0.6 is 22.7 Å². The third-order valence-corrected chi connectivity index (χ3v) is 4.61. The van der Waals surface area contributed by atoms with Crippen molar-refractivity contribution in [1.29, 1.82) is 0 Å². The van der Waals surface area contributed by atoms with Crippen molar-refractivity contribution in [3.63, 3.8) is 0 Å². The molecule has 0 atom stereocenters. The van der Waals surface area contributed by atoms with Gasteiger partial charge >= 0.3 is 0 Å². The van der Waals surface area contributed by atoms with Crippen LogP contribution in [0.4, 0.5) is 0 Å². The van der Waals surface area contributed by atoms with Crippen LogP contribution in [0.5, 0.6) is 0 Å². The molecule has 0 bridgehead atoms. The molecular weight excluding hydrogens is 236 g/mol. The van der Waals surface area contributed by atoms with Gasteiger partial charge in [0.2, 0.25) is 0 Å². The standard InChI is InChI=1S/C12H14N2S2/c1-2-11(15-5-1)7-13-6-10-8-16-12(14-10)9-3-4-9/h1-2,5,8-9,13H,3-4,6-7H2. The molecule has 1 N–H and O–H groups in total. The van der Waals surface area contributed by atoms with Gasteiger partial charge in [-0.3, -0.25) is 0 Å². The first-order chi connectivity index (χ1) is 7.92. The molecule has 2 nitrogen and oxygen atoms in total. The predicted octanol–water partition coefficient (Wildman–Crippen LogP) is 3.37. The van der Waals surface area contributed by atoms with E-state index in [1.54, 1.807) is 11.3 Å². The molecule has 0 radical (unpaired) electrons. The zero-order chi connectivity index (χ0) is 10.8. The highest BCUT2D eigenvalue weighted by Gasteiger charge is 2.26. The van der Waals surface area contributed by atoms with Crippen LogP contribution in [-0.2, 0) is 13.1 Å². The fourth-order valence-corrected chi connectivity index (χ4v) is 3.31. The summed E-state index contributed by atoms with van der Waals surface area (Å²) in [6.45, 7) is 1.84. The Bertz CT molecular complexity index is 443. The second-order valence-electron chi connectivity index (χ2n) is 4.13. The van der Waals surface area contributed by atoms with Crippen molar-refractivity contribution in [3.8, 4) is 0 Å². The van der Waals surface area contributed by atoms with E-state index in [0.29, 0.717) is 0 Å². The molecule has 0 aliphatic heterocycles. The van der Waals surface area contributed by atoms with Gasteiger partial charge < -0.3 is 5.32 Å². The molecule has 0 aromatic carbocycles. The lowest BCUT2D eigenvalue weighted by Gasteiger charge is -1.99. The number of thiazole rings is 1. The smallest absolute Gasteiger partial charge is 0.0959 e. The van der Waals surface area contributed by atoms with Crippen molar-refractivity contribution in [1.82, 2.24) is 10.3 Å². The molecule has 16 heavy (non-hydrogen) atoms. The molecule has 84 valence electrons. The summed E-state index contributed by atoms with van der Waals surface area (Å²) in [5, 5.41) is 9.08. The number of aromatic nitrogens is 1. The van der Waals surface area contributed by atoms with Crippen LogP contribution in [0.15, 0.2) is 22.9 Å². The Morgan fingerprint density at radius 2 is 2.25 bits per heavy atom. The van der Waals surface area contributed by atoms with Crippen LogP contribution in [-0.4, -0.2) is 4.98 Å². The molecule has 0 saturated heterocycles. The lowest BCUT2D eigenvalue weighted by atomic mass is 10.4. The molecule has 2 aromatic rings. The molecule has 1 fully saturated rings. The van der Waals surface area contributed by atoms with Gasteiger partial charge in [-0.1, -0.05) is 6.07 Å². The molecule has 0 unspecified atom stereocenters. The number of hydrogen-bond donors (Lipinski definition) is 1. The van der Waals surface area contributed by atoms with Gasteiger partial charge in [0.15, 0.2) is 0 Å².